The minimum absolute atomic E-state index is 0.103. The number of benzene rings is 2. The second kappa shape index (κ2) is 10.0. The third-order valence-corrected chi connectivity index (χ3v) is 4.91. The van der Waals surface area contributed by atoms with Crippen LogP contribution < -0.4 is 9.47 Å². The molecule has 30 heavy (non-hydrogen) atoms. The molecule has 0 amide bonds. The van der Waals surface area contributed by atoms with Gasteiger partial charge in [0.05, 0.1) is 37.1 Å². The van der Waals surface area contributed by atoms with Crippen LogP contribution in [0, 0.1) is 5.82 Å². The number of rotatable bonds is 7. The Morgan fingerprint density at radius 1 is 1.10 bits per heavy atom. The highest BCUT2D eigenvalue weighted by Gasteiger charge is 2.20. The molecule has 3 rings (SSSR count). The zero-order valence-corrected chi connectivity index (χ0v) is 17.4. The number of halogens is 2. The van der Waals surface area contributed by atoms with Crippen LogP contribution in [0.5, 0.6) is 11.8 Å². The molecular weight excluding hydrogens is 433 g/mol. The van der Waals surface area contributed by atoms with Gasteiger partial charge in [0.15, 0.2) is 5.16 Å². The van der Waals surface area contributed by atoms with Crippen LogP contribution in [0.15, 0.2) is 63.7 Å². The van der Waals surface area contributed by atoms with E-state index < -0.39 is 5.97 Å². The Bertz CT molecular complexity index is 1060. The third kappa shape index (κ3) is 5.46. The number of hydrogen-bond donors (Lipinski definition) is 0. The summed E-state index contributed by atoms with van der Waals surface area (Å²) < 4.78 is 23.2. The molecule has 0 aliphatic carbocycles. The highest BCUT2D eigenvalue weighted by Crippen LogP contribution is 2.34. The lowest BCUT2D eigenvalue weighted by molar-refractivity contribution is 0.0515. The maximum atomic E-state index is 12.9. The van der Waals surface area contributed by atoms with E-state index in [-0.39, 0.29) is 21.6 Å². The Labute approximate surface area is 180 Å². The van der Waals surface area contributed by atoms with Crippen molar-refractivity contribution in [2.75, 3.05) is 14.2 Å². The Morgan fingerprint density at radius 3 is 2.40 bits per heavy atom. The van der Waals surface area contributed by atoms with Gasteiger partial charge in [0.2, 0.25) is 11.8 Å². The molecule has 154 valence electrons. The summed E-state index contributed by atoms with van der Waals surface area (Å²) in [6, 6.07) is 12.0. The SMILES string of the molecule is COc1cc(OC)nc(Sc2cccc(Cl)c2C(=O)O/N=C/c2ccc(F)cc2)n1. The first-order valence-corrected chi connectivity index (χ1v) is 9.63. The fourth-order valence-electron chi connectivity index (χ4n) is 2.25. The topological polar surface area (TPSA) is 82.9 Å². The van der Waals surface area contributed by atoms with Crippen molar-refractivity contribution in [3.8, 4) is 11.8 Å². The van der Waals surface area contributed by atoms with Crippen LogP contribution in [0.4, 0.5) is 4.39 Å². The minimum atomic E-state index is -0.767. The van der Waals surface area contributed by atoms with Crippen molar-refractivity contribution in [2.45, 2.75) is 10.1 Å². The molecule has 10 heteroatoms. The van der Waals surface area contributed by atoms with Gasteiger partial charge in [-0.3, -0.25) is 0 Å². The summed E-state index contributed by atoms with van der Waals surface area (Å²) in [7, 11) is 2.94. The predicted molar refractivity (Wildman–Crippen MR) is 110 cm³/mol. The van der Waals surface area contributed by atoms with Crippen molar-refractivity contribution in [2.24, 2.45) is 5.16 Å². The average molecular weight is 448 g/mol. The van der Waals surface area contributed by atoms with Gasteiger partial charge in [-0.2, -0.15) is 9.97 Å². The highest BCUT2D eigenvalue weighted by atomic mass is 35.5. The summed E-state index contributed by atoms with van der Waals surface area (Å²) >= 11 is 7.31. The molecule has 0 aliphatic heterocycles. The summed E-state index contributed by atoms with van der Waals surface area (Å²) in [6.07, 6.45) is 1.29. The van der Waals surface area contributed by atoms with Crippen molar-refractivity contribution >= 4 is 35.5 Å². The lowest BCUT2D eigenvalue weighted by Crippen LogP contribution is -2.05. The standard InChI is InChI=1S/C20H15ClFN3O4S/c1-27-16-10-17(28-2)25-20(24-16)30-15-5-3-4-14(21)18(15)19(26)29-23-11-12-6-8-13(22)9-7-12/h3-11H,1-2H3/b23-11+. The molecule has 7 nitrogen and oxygen atoms in total. The fraction of sp³-hybridized carbons (Fsp3) is 0.100. The van der Waals surface area contributed by atoms with Gasteiger partial charge in [-0.05, 0) is 41.6 Å². The summed E-state index contributed by atoms with van der Waals surface area (Å²) in [6.45, 7) is 0. The van der Waals surface area contributed by atoms with E-state index in [9.17, 15) is 9.18 Å². The van der Waals surface area contributed by atoms with Crippen molar-refractivity contribution in [3.05, 3.63) is 70.5 Å². The number of carbonyl (C=O) groups excluding carboxylic acids is 1. The van der Waals surface area contributed by atoms with Gasteiger partial charge >= 0.3 is 5.97 Å². The molecule has 0 atom stereocenters. The number of aromatic nitrogens is 2. The van der Waals surface area contributed by atoms with E-state index in [2.05, 4.69) is 15.1 Å². The molecule has 1 heterocycles. The van der Waals surface area contributed by atoms with Crippen molar-refractivity contribution < 1.29 is 23.5 Å². The Hall–Kier alpha value is -3.17. The second-order valence-corrected chi connectivity index (χ2v) is 7.03. The average Bonchev–Trinajstić information content (AvgIpc) is 2.74. The zero-order chi connectivity index (χ0) is 21.5. The monoisotopic (exact) mass is 447 g/mol. The summed E-state index contributed by atoms with van der Waals surface area (Å²) in [4.78, 5) is 26.5. The van der Waals surface area contributed by atoms with Gasteiger partial charge in [0.25, 0.3) is 0 Å². The predicted octanol–water partition coefficient (Wildman–Crippen LogP) is 4.63. The number of methoxy groups -OCH3 is 2. The first-order valence-electron chi connectivity index (χ1n) is 8.44. The normalized spacial score (nSPS) is 10.8. The van der Waals surface area contributed by atoms with Crippen LogP contribution in [0.3, 0.4) is 0 Å². The van der Waals surface area contributed by atoms with Crippen LogP contribution >= 0.6 is 23.4 Å². The molecule has 0 aliphatic rings. The molecule has 1 aromatic heterocycles. The fourth-order valence-corrected chi connectivity index (χ4v) is 3.47. The smallest absolute Gasteiger partial charge is 0.368 e. The van der Waals surface area contributed by atoms with Gasteiger partial charge < -0.3 is 14.3 Å². The molecule has 0 N–H and O–H groups in total. The first-order chi connectivity index (χ1) is 14.5. The molecule has 0 spiro atoms. The van der Waals surface area contributed by atoms with Crippen LogP contribution in [0.2, 0.25) is 5.02 Å². The summed E-state index contributed by atoms with van der Waals surface area (Å²) in [5.74, 6) is -0.534. The van der Waals surface area contributed by atoms with Gasteiger partial charge in [-0.1, -0.05) is 35.0 Å². The minimum Gasteiger partial charge on any atom is -0.481 e. The quantitative estimate of drug-likeness (QED) is 0.226. The Kier molecular flexibility index (Phi) is 7.21. The van der Waals surface area contributed by atoms with Gasteiger partial charge in [0.1, 0.15) is 5.82 Å². The molecule has 0 saturated heterocycles. The first kappa shape index (κ1) is 21.5. The van der Waals surface area contributed by atoms with E-state index in [0.29, 0.717) is 22.2 Å². The maximum absolute atomic E-state index is 12.9. The van der Waals surface area contributed by atoms with Crippen molar-refractivity contribution in [3.63, 3.8) is 0 Å². The van der Waals surface area contributed by atoms with Crippen LogP contribution in [-0.4, -0.2) is 36.4 Å². The maximum Gasteiger partial charge on any atom is 0.368 e. The number of oxime groups is 1. The van der Waals surface area contributed by atoms with Crippen molar-refractivity contribution in [1.29, 1.82) is 0 Å². The summed E-state index contributed by atoms with van der Waals surface area (Å²) in [5.41, 5.74) is 0.667. The largest absolute Gasteiger partial charge is 0.481 e. The van der Waals surface area contributed by atoms with Crippen molar-refractivity contribution in [1.82, 2.24) is 9.97 Å². The molecular formula is C20H15ClFN3O4S. The van der Waals surface area contributed by atoms with E-state index in [1.54, 1.807) is 18.2 Å². The lowest BCUT2D eigenvalue weighted by atomic mass is 10.2. The van der Waals surface area contributed by atoms with Gasteiger partial charge in [0, 0.05) is 4.90 Å². The Morgan fingerprint density at radius 2 is 1.77 bits per heavy atom. The van der Waals surface area contributed by atoms with E-state index in [1.165, 1.54) is 50.8 Å². The molecule has 0 radical (unpaired) electrons. The number of hydrogen-bond acceptors (Lipinski definition) is 8. The van der Waals surface area contributed by atoms with Crippen LogP contribution in [0.25, 0.3) is 0 Å². The zero-order valence-electron chi connectivity index (χ0n) is 15.8. The molecule has 0 unspecified atom stereocenters. The third-order valence-electron chi connectivity index (χ3n) is 3.67. The molecule has 2 aromatic carbocycles. The molecule has 3 aromatic rings. The number of nitrogens with zero attached hydrogens (tertiary/aromatic N) is 3. The number of ether oxygens (including phenoxy) is 2. The van der Waals surface area contributed by atoms with E-state index in [1.807, 2.05) is 0 Å². The van der Waals surface area contributed by atoms with Crippen LogP contribution in [-0.2, 0) is 4.84 Å². The van der Waals surface area contributed by atoms with Gasteiger partial charge in [-0.25, -0.2) is 9.18 Å². The highest BCUT2D eigenvalue weighted by molar-refractivity contribution is 7.99. The second-order valence-electron chi connectivity index (χ2n) is 5.62. The molecule has 0 saturated carbocycles. The lowest BCUT2D eigenvalue weighted by Gasteiger charge is -2.09. The number of carbonyl (C=O) groups is 1. The van der Waals surface area contributed by atoms with E-state index >= 15 is 0 Å². The van der Waals surface area contributed by atoms with E-state index in [4.69, 9.17) is 25.9 Å². The summed E-state index contributed by atoms with van der Waals surface area (Å²) in [5, 5.41) is 4.12. The Balaban J connectivity index is 1.82. The van der Waals surface area contributed by atoms with Crippen LogP contribution in [0.1, 0.15) is 15.9 Å². The van der Waals surface area contributed by atoms with E-state index in [0.717, 1.165) is 11.8 Å². The van der Waals surface area contributed by atoms with Gasteiger partial charge in [-0.15, -0.1) is 0 Å². The molecule has 0 bridgehead atoms. The molecule has 0 fully saturated rings.